The van der Waals surface area contributed by atoms with E-state index in [1.165, 1.54) is 0 Å². The topological polar surface area (TPSA) is 48.9 Å². The Bertz CT molecular complexity index is 356. The number of pyridine rings is 1. The van der Waals surface area contributed by atoms with Gasteiger partial charge >= 0.3 is 0 Å². The SMILES string of the molecule is O[C@@H](c1ccncc1)c1ccc[nH]1. The number of rotatable bonds is 2. The first-order chi connectivity index (χ1) is 6.38. The van der Waals surface area contributed by atoms with Crippen LogP contribution in [0.2, 0.25) is 0 Å². The molecular formula is C10H10N2O. The Morgan fingerprint density at radius 1 is 1.23 bits per heavy atom. The van der Waals surface area contributed by atoms with Gasteiger partial charge in [-0.25, -0.2) is 0 Å². The van der Waals surface area contributed by atoms with Crippen molar-refractivity contribution in [1.29, 1.82) is 0 Å². The Balaban J connectivity index is 2.29. The average Bonchev–Trinajstić information content (AvgIpc) is 2.71. The van der Waals surface area contributed by atoms with E-state index in [2.05, 4.69) is 9.97 Å². The lowest BCUT2D eigenvalue weighted by atomic mass is 10.1. The maximum atomic E-state index is 9.82. The monoisotopic (exact) mass is 174 g/mol. The van der Waals surface area contributed by atoms with E-state index >= 15 is 0 Å². The molecule has 3 heteroatoms. The summed E-state index contributed by atoms with van der Waals surface area (Å²) in [6.45, 7) is 0. The summed E-state index contributed by atoms with van der Waals surface area (Å²) in [7, 11) is 0. The zero-order valence-corrected chi connectivity index (χ0v) is 7.01. The Morgan fingerprint density at radius 2 is 2.00 bits per heavy atom. The Kier molecular flexibility index (Phi) is 2.10. The van der Waals surface area contributed by atoms with E-state index in [9.17, 15) is 5.11 Å². The first kappa shape index (κ1) is 8.01. The number of hydrogen-bond acceptors (Lipinski definition) is 2. The van der Waals surface area contributed by atoms with E-state index in [1.54, 1.807) is 30.7 Å². The van der Waals surface area contributed by atoms with Crippen molar-refractivity contribution in [2.45, 2.75) is 6.10 Å². The number of nitrogens with one attached hydrogen (secondary N) is 1. The van der Waals surface area contributed by atoms with Gasteiger partial charge in [0.15, 0.2) is 0 Å². The molecule has 1 atom stereocenters. The molecule has 0 bridgehead atoms. The molecule has 0 amide bonds. The second-order valence-corrected chi connectivity index (χ2v) is 2.81. The molecule has 0 radical (unpaired) electrons. The van der Waals surface area contributed by atoms with E-state index < -0.39 is 6.10 Å². The number of aromatic amines is 1. The van der Waals surface area contributed by atoms with Gasteiger partial charge in [-0.2, -0.15) is 0 Å². The van der Waals surface area contributed by atoms with E-state index in [4.69, 9.17) is 0 Å². The molecule has 2 aromatic rings. The molecule has 0 unspecified atom stereocenters. The molecule has 2 heterocycles. The van der Waals surface area contributed by atoms with Crippen LogP contribution in [0.3, 0.4) is 0 Å². The van der Waals surface area contributed by atoms with Crippen molar-refractivity contribution in [2.24, 2.45) is 0 Å². The van der Waals surface area contributed by atoms with Crippen LogP contribution in [0, 0.1) is 0 Å². The Hall–Kier alpha value is -1.61. The smallest absolute Gasteiger partial charge is 0.119 e. The number of aliphatic hydroxyl groups excluding tert-OH is 1. The van der Waals surface area contributed by atoms with Crippen LogP contribution >= 0.6 is 0 Å². The van der Waals surface area contributed by atoms with Gasteiger partial charge in [0.1, 0.15) is 6.10 Å². The van der Waals surface area contributed by atoms with E-state index in [0.717, 1.165) is 11.3 Å². The van der Waals surface area contributed by atoms with Gasteiger partial charge in [-0.05, 0) is 29.8 Å². The minimum atomic E-state index is -0.585. The van der Waals surface area contributed by atoms with Crippen LogP contribution in [-0.2, 0) is 0 Å². The van der Waals surface area contributed by atoms with Gasteiger partial charge in [-0.15, -0.1) is 0 Å². The lowest BCUT2D eigenvalue weighted by Gasteiger charge is -2.07. The van der Waals surface area contributed by atoms with E-state index in [0.29, 0.717) is 0 Å². The maximum Gasteiger partial charge on any atom is 0.119 e. The van der Waals surface area contributed by atoms with E-state index in [-0.39, 0.29) is 0 Å². The van der Waals surface area contributed by atoms with Crippen molar-refractivity contribution in [3.05, 3.63) is 54.1 Å². The third-order valence-corrected chi connectivity index (χ3v) is 1.94. The summed E-state index contributed by atoms with van der Waals surface area (Å²) in [5, 5.41) is 9.82. The summed E-state index contributed by atoms with van der Waals surface area (Å²) < 4.78 is 0. The molecule has 0 aromatic carbocycles. The second-order valence-electron chi connectivity index (χ2n) is 2.81. The number of hydrogen-bond donors (Lipinski definition) is 2. The zero-order valence-electron chi connectivity index (χ0n) is 7.01. The summed E-state index contributed by atoms with van der Waals surface area (Å²) >= 11 is 0. The summed E-state index contributed by atoms with van der Waals surface area (Å²) in [6.07, 6.45) is 4.54. The molecule has 2 N–H and O–H groups in total. The molecule has 13 heavy (non-hydrogen) atoms. The normalized spacial score (nSPS) is 12.7. The first-order valence-corrected chi connectivity index (χ1v) is 4.09. The molecule has 0 aliphatic carbocycles. The van der Waals surface area contributed by atoms with Crippen molar-refractivity contribution in [3.8, 4) is 0 Å². The number of nitrogens with zero attached hydrogens (tertiary/aromatic N) is 1. The average molecular weight is 174 g/mol. The predicted molar refractivity (Wildman–Crippen MR) is 49.1 cm³/mol. The van der Waals surface area contributed by atoms with Crippen LogP contribution in [0.15, 0.2) is 42.9 Å². The number of aromatic nitrogens is 2. The third-order valence-electron chi connectivity index (χ3n) is 1.94. The molecule has 0 saturated heterocycles. The van der Waals surface area contributed by atoms with Gasteiger partial charge in [0, 0.05) is 24.3 Å². The van der Waals surface area contributed by atoms with Crippen molar-refractivity contribution in [3.63, 3.8) is 0 Å². The standard InChI is InChI=1S/C10H10N2O/c13-10(9-2-1-5-12-9)8-3-6-11-7-4-8/h1-7,10,12-13H/t10-/m0/s1. The van der Waals surface area contributed by atoms with Crippen LogP contribution in [0.4, 0.5) is 0 Å². The molecule has 0 fully saturated rings. The van der Waals surface area contributed by atoms with Gasteiger partial charge < -0.3 is 10.1 Å². The van der Waals surface area contributed by atoms with Crippen LogP contribution in [0.25, 0.3) is 0 Å². The molecule has 0 aliphatic heterocycles. The fourth-order valence-electron chi connectivity index (χ4n) is 1.24. The van der Waals surface area contributed by atoms with Crippen molar-refractivity contribution in [1.82, 2.24) is 9.97 Å². The van der Waals surface area contributed by atoms with Crippen LogP contribution in [-0.4, -0.2) is 15.1 Å². The largest absolute Gasteiger partial charge is 0.382 e. The summed E-state index contributed by atoms with van der Waals surface area (Å²) in [5.41, 5.74) is 1.64. The lowest BCUT2D eigenvalue weighted by molar-refractivity contribution is 0.216. The third kappa shape index (κ3) is 1.60. The van der Waals surface area contributed by atoms with Gasteiger partial charge in [0.05, 0.1) is 0 Å². The number of H-pyrrole nitrogens is 1. The quantitative estimate of drug-likeness (QED) is 0.724. The van der Waals surface area contributed by atoms with Crippen molar-refractivity contribution < 1.29 is 5.11 Å². The molecule has 0 aliphatic rings. The summed E-state index contributed by atoms with van der Waals surface area (Å²) in [6, 6.07) is 7.31. The predicted octanol–water partition coefficient (Wildman–Crippen LogP) is 1.49. The van der Waals surface area contributed by atoms with Crippen molar-refractivity contribution in [2.75, 3.05) is 0 Å². The molecule has 66 valence electrons. The van der Waals surface area contributed by atoms with Gasteiger partial charge in [-0.1, -0.05) is 0 Å². The van der Waals surface area contributed by atoms with Crippen LogP contribution < -0.4 is 0 Å². The highest BCUT2D eigenvalue weighted by atomic mass is 16.3. The highest BCUT2D eigenvalue weighted by Gasteiger charge is 2.09. The Morgan fingerprint density at radius 3 is 2.62 bits per heavy atom. The second kappa shape index (κ2) is 3.41. The maximum absolute atomic E-state index is 9.82. The van der Waals surface area contributed by atoms with Crippen molar-refractivity contribution >= 4 is 0 Å². The minimum absolute atomic E-state index is 0.585. The lowest BCUT2D eigenvalue weighted by Crippen LogP contribution is -1.99. The summed E-state index contributed by atoms with van der Waals surface area (Å²) in [5.74, 6) is 0. The Labute approximate surface area is 76.1 Å². The van der Waals surface area contributed by atoms with Gasteiger partial charge in [-0.3, -0.25) is 4.98 Å². The molecule has 0 spiro atoms. The number of aliphatic hydroxyl groups is 1. The zero-order chi connectivity index (χ0) is 9.10. The van der Waals surface area contributed by atoms with Gasteiger partial charge in [0.2, 0.25) is 0 Å². The van der Waals surface area contributed by atoms with Crippen LogP contribution in [0.1, 0.15) is 17.4 Å². The summed E-state index contributed by atoms with van der Waals surface area (Å²) in [4.78, 5) is 6.85. The molecular weight excluding hydrogens is 164 g/mol. The van der Waals surface area contributed by atoms with Gasteiger partial charge in [0.25, 0.3) is 0 Å². The molecule has 2 rings (SSSR count). The first-order valence-electron chi connectivity index (χ1n) is 4.09. The van der Waals surface area contributed by atoms with E-state index in [1.807, 2.05) is 12.1 Å². The fourth-order valence-corrected chi connectivity index (χ4v) is 1.24. The highest BCUT2D eigenvalue weighted by Crippen LogP contribution is 2.18. The molecule has 2 aromatic heterocycles. The fraction of sp³-hybridized carbons (Fsp3) is 0.100. The highest BCUT2D eigenvalue weighted by molar-refractivity contribution is 5.23. The molecule has 3 nitrogen and oxygen atoms in total. The van der Waals surface area contributed by atoms with Crippen LogP contribution in [0.5, 0.6) is 0 Å². The molecule has 0 saturated carbocycles. The minimum Gasteiger partial charge on any atom is -0.382 e.